The van der Waals surface area contributed by atoms with Gasteiger partial charge in [-0.1, -0.05) is 13.8 Å². The molecule has 2 heterocycles. The summed E-state index contributed by atoms with van der Waals surface area (Å²) in [5.74, 6) is 0.849. The lowest BCUT2D eigenvalue weighted by Gasteiger charge is -2.14. The van der Waals surface area contributed by atoms with E-state index in [9.17, 15) is 0 Å². The van der Waals surface area contributed by atoms with E-state index in [0.29, 0.717) is 11.5 Å². The van der Waals surface area contributed by atoms with Crippen LogP contribution in [0.5, 0.6) is 0 Å². The van der Waals surface area contributed by atoms with Crippen LogP contribution in [0.1, 0.15) is 44.8 Å². The molecule has 0 aromatic carbocycles. The van der Waals surface area contributed by atoms with E-state index >= 15 is 0 Å². The van der Waals surface area contributed by atoms with Gasteiger partial charge in [-0.2, -0.15) is 0 Å². The zero-order valence-electron chi connectivity index (χ0n) is 10.2. The van der Waals surface area contributed by atoms with Crippen LogP contribution < -0.4 is 5.32 Å². The highest BCUT2D eigenvalue weighted by Crippen LogP contribution is 2.52. The van der Waals surface area contributed by atoms with Crippen molar-refractivity contribution in [3.05, 3.63) is 18.2 Å². The third-order valence-electron chi connectivity index (χ3n) is 4.30. The van der Waals surface area contributed by atoms with Crippen LogP contribution >= 0.6 is 0 Å². The van der Waals surface area contributed by atoms with E-state index in [1.807, 2.05) is 12.5 Å². The molecule has 2 aliphatic rings. The van der Waals surface area contributed by atoms with E-state index in [-0.39, 0.29) is 0 Å². The van der Waals surface area contributed by atoms with Gasteiger partial charge in [0, 0.05) is 18.8 Å². The molecule has 0 spiro atoms. The third kappa shape index (κ3) is 1.77. The zero-order valence-corrected chi connectivity index (χ0v) is 10.2. The minimum atomic E-state index is 0.546. The molecule has 3 rings (SSSR count). The second-order valence-corrected chi connectivity index (χ2v) is 6.01. The Balaban J connectivity index is 1.72. The summed E-state index contributed by atoms with van der Waals surface area (Å²) < 4.78 is 2.36. The molecule has 0 bridgehead atoms. The molecule has 1 aromatic heterocycles. The predicted octanol–water partition coefficient (Wildman–Crippen LogP) is 2.35. The third-order valence-corrected chi connectivity index (χ3v) is 4.30. The number of rotatable bonds is 3. The molecule has 0 amide bonds. The maximum absolute atomic E-state index is 4.32. The molecule has 1 N–H and O–H groups in total. The fourth-order valence-electron chi connectivity index (χ4n) is 2.84. The largest absolute Gasteiger partial charge is 0.333 e. The second kappa shape index (κ2) is 3.59. The summed E-state index contributed by atoms with van der Waals surface area (Å²) in [6.07, 6.45) is 7.97. The SMILES string of the molecule is CC1(C)CC1Cn1cncc1[C@@H]1CCCN1. The van der Waals surface area contributed by atoms with E-state index in [0.717, 1.165) is 19.0 Å². The second-order valence-electron chi connectivity index (χ2n) is 6.01. The van der Waals surface area contributed by atoms with Gasteiger partial charge in [-0.25, -0.2) is 4.98 Å². The molecule has 1 unspecified atom stereocenters. The first-order valence-electron chi connectivity index (χ1n) is 6.40. The van der Waals surface area contributed by atoms with Crippen LogP contribution in [0.15, 0.2) is 12.5 Å². The average molecular weight is 219 g/mol. The number of imidazole rings is 1. The molecule has 0 radical (unpaired) electrons. The molecule has 2 fully saturated rings. The van der Waals surface area contributed by atoms with E-state index in [2.05, 4.69) is 28.7 Å². The molecule has 1 aromatic rings. The first kappa shape index (κ1) is 10.3. The summed E-state index contributed by atoms with van der Waals surface area (Å²) in [4.78, 5) is 4.32. The highest BCUT2D eigenvalue weighted by atomic mass is 15.1. The highest BCUT2D eigenvalue weighted by molar-refractivity contribution is 5.08. The van der Waals surface area contributed by atoms with Crippen LogP contribution in [-0.2, 0) is 6.54 Å². The number of hydrogen-bond acceptors (Lipinski definition) is 2. The van der Waals surface area contributed by atoms with E-state index in [1.165, 1.54) is 25.0 Å². The van der Waals surface area contributed by atoms with Crippen LogP contribution in [0.3, 0.4) is 0 Å². The van der Waals surface area contributed by atoms with Gasteiger partial charge in [-0.15, -0.1) is 0 Å². The van der Waals surface area contributed by atoms with Gasteiger partial charge in [0.15, 0.2) is 0 Å². The zero-order chi connectivity index (χ0) is 11.2. The molecule has 3 nitrogen and oxygen atoms in total. The standard InChI is InChI=1S/C13H21N3/c1-13(2)6-10(13)8-16-9-14-7-12(16)11-4-3-5-15-11/h7,9-11,15H,3-6,8H2,1-2H3/t10?,11-/m0/s1. The molecule has 88 valence electrons. The molecule has 1 aliphatic heterocycles. The lowest BCUT2D eigenvalue weighted by molar-refractivity contribution is 0.474. The van der Waals surface area contributed by atoms with Crippen LogP contribution in [0.4, 0.5) is 0 Å². The lowest BCUT2D eigenvalue weighted by atomic mass is 10.1. The monoisotopic (exact) mass is 219 g/mol. The van der Waals surface area contributed by atoms with Crippen molar-refractivity contribution in [3.63, 3.8) is 0 Å². The first-order valence-corrected chi connectivity index (χ1v) is 6.40. The molecular weight excluding hydrogens is 198 g/mol. The fraction of sp³-hybridized carbons (Fsp3) is 0.769. The van der Waals surface area contributed by atoms with Gasteiger partial charge < -0.3 is 9.88 Å². The Morgan fingerprint density at radius 1 is 1.56 bits per heavy atom. The number of hydrogen-bond donors (Lipinski definition) is 1. The molecule has 1 saturated carbocycles. The van der Waals surface area contributed by atoms with E-state index in [1.54, 1.807) is 0 Å². The quantitative estimate of drug-likeness (QED) is 0.845. The minimum absolute atomic E-state index is 0.546. The van der Waals surface area contributed by atoms with Crippen molar-refractivity contribution in [1.29, 1.82) is 0 Å². The number of nitrogens with zero attached hydrogens (tertiary/aromatic N) is 2. The minimum Gasteiger partial charge on any atom is -0.333 e. The van der Waals surface area contributed by atoms with Crippen molar-refractivity contribution in [2.45, 2.75) is 45.7 Å². The van der Waals surface area contributed by atoms with Crippen LogP contribution in [-0.4, -0.2) is 16.1 Å². The van der Waals surface area contributed by atoms with Crippen molar-refractivity contribution >= 4 is 0 Å². The molecule has 3 heteroatoms. The average Bonchev–Trinajstić information content (AvgIpc) is 2.66. The van der Waals surface area contributed by atoms with Gasteiger partial charge in [0.05, 0.1) is 12.0 Å². The van der Waals surface area contributed by atoms with Gasteiger partial charge in [0.25, 0.3) is 0 Å². The summed E-state index contributed by atoms with van der Waals surface area (Å²) in [6, 6.07) is 0.546. The summed E-state index contributed by atoms with van der Waals surface area (Å²) in [6.45, 7) is 7.04. The summed E-state index contributed by atoms with van der Waals surface area (Å²) >= 11 is 0. The highest BCUT2D eigenvalue weighted by Gasteiger charge is 2.45. The Morgan fingerprint density at radius 3 is 3.00 bits per heavy atom. The molecule has 2 atom stereocenters. The van der Waals surface area contributed by atoms with Crippen molar-refractivity contribution < 1.29 is 0 Å². The molecular formula is C13H21N3. The topological polar surface area (TPSA) is 29.9 Å². The number of aromatic nitrogens is 2. The van der Waals surface area contributed by atoms with Crippen LogP contribution in [0, 0.1) is 11.3 Å². The first-order chi connectivity index (χ1) is 7.67. The van der Waals surface area contributed by atoms with Gasteiger partial charge in [0.2, 0.25) is 0 Å². The van der Waals surface area contributed by atoms with Crippen molar-refractivity contribution in [2.24, 2.45) is 11.3 Å². The smallest absolute Gasteiger partial charge is 0.0948 e. The van der Waals surface area contributed by atoms with Crippen LogP contribution in [0.2, 0.25) is 0 Å². The summed E-state index contributed by atoms with van der Waals surface area (Å²) in [7, 11) is 0. The Hall–Kier alpha value is -0.830. The van der Waals surface area contributed by atoms with E-state index in [4.69, 9.17) is 0 Å². The van der Waals surface area contributed by atoms with Crippen molar-refractivity contribution in [1.82, 2.24) is 14.9 Å². The van der Waals surface area contributed by atoms with Crippen molar-refractivity contribution in [2.75, 3.05) is 6.54 Å². The molecule has 1 saturated heterocycles. The fourth-order valence-corrected chi connectivity index (χ4v) is 2.84. The summed E-state index contributed by atoms with van der Waals surface area (Å²) in [5, 5.41) is 3.55. The Labute approximate surface area is 97.3 Å². The predicted molar refractivity (Wildman–Crippen MR) is 64.1 cm³/mol. The molecule has 1 aliphatic carbocycles. The van der Waals surface area contributed by atoms with Crippen LogP contribution in [0.25, 0.3) is 0 Å². The Morgan fingerprint density at radius 2 is 2.38 bits per heavy atom. The van der Waals surface area contributed by atoms with Crippen molar-refractivity contribution in [3.8, 4) is 0 Å². The maximum Gasteiger partial charge on any atom is 0.0948 e. The summed E-state index contributed by atoms with van der Waals surface area (Å²) in [5.41, 5.74) is 1.95. The van der Waals surface area contributed by atoms with Gasteiger partial charge in [0.1, 0.15) is 0 Å². The Bertz CT molecular complexity index is 374. The van der Waals surface area contributed by atoms with E-state index < -0.39 is 0 Å². The number of nitrogens with one attached hydrogen (secondary N) is 1. The Kier molecular flexibility index (Phi) is 2.32. The van der Waals surface area contributed by atoms with Gasteiger partial charge in [-0.05, 0) is 37.1 Å². The lowest BCUT2D eigenvalue weighted by Crippen LogP contribution is -2.17. The molecule has 16 heavy (non-hydrogen) atoms. The normalized spacial score (nSPS) is 31.9. The van der Waals surface area contributed by atoms with Gasteiger partial charge >= 0.3 is 0 Å². The maximum atomic E-state index is 4.32. The van der Waals surface area contributed by atoms with Gasteiger partial charge in [-0.3, -0.25) is 0 Å².